The Labute approximate surface area is 133 Å². The second kappa shape index (κ2) is 9.17. The molecular weight excluding hydrogens is 353 g/mol. The molecule has 110 valence electrons. The van der Waals surface area contributed by atoms with Crippen LogP contribution in [-0.4, -0.2) is 28.8 Å². The van der Waals surface area contributed by atoms with Gasteiger partial charge in [-0.1, -0.05) is 6.92 Å². The minimum Gasteiger partial charge on any atom is -0.357 e. The molecule has 1 rings (SSSR count). The molecule has 0 atom stereocenters. The van der Waals surface area contributed by atoms with Crippen LogP contribution in [0.5, 0.6) is 0 Å². The first-order chi connectivity index (χ1) is 8.60. The van der Waals surface area contributed by atoms with Gasteiger partial charge in [0, 0.05) is 31.4 Å². The Balaban J connectivity index is 0.00000324. The maximum Gasteiger partial charge on any atom is 0.191 e. The number of hydrogen-bond donors (Lipinski definition) is 2. The molecular formula is C13H26IN5. The number of rotatable bonds is 5. The zero-order valence-corrected chi connectivity index (χ0v) is 14.9. The first-order valence-electron chi connectivity index (χ1n) is 6.61. The quantitative estimate of drug-likeness (QED) is 0.468. The standard InChI is InChI=1S/C13H25N5.HI/c1-6-8-15-13(14-7-2)16-9-12-10(3)17-18(5)11(12)4;/h6-9H2,1-5H3,(H2,14,15,16);1H. The van der Waals surface area contributed by atoms with Crippen LogP contribution in [0.2, 0.25) is 0 Å². The highest BCUT2D eigenvalue weighted by atomic mass is 127. The number of hydrogen-bond acceptors (Lipinski definition) is 2. The summed E-state index contributed by atoms with van der Waals surface area (Å²) in [4.78, 5) is 4.60. The van der Waals surface area contributed by atoms with Gasteiger partial charge in [-0.25, -0.2) is 4.99 Å². The lowest BCUT2D eigenvalue weighted by atomic mass is 10.2. The highest BCUT2D eigenvalue weighted by molar-refractivity contribution is 14.0. The fourth-order valence-electron chi connectivity index (χ4n) is 1.79. The largest absolute Gasteiger partial charge is 0.357 e. The molecule has 0 spiro atoms. The Morgan fingerprint density at radius 2 is 1.95 bits per heavy atom. The number of nitrogens with zero attached hydrogens (tertiary/aromatic N) is 3. The van der Waals surface area contributed by atoms with Crippen molar-refractivity contribution in [2.75, 3.05) is 13.1 Å². The van der Waals surface area contributed by atoms with E-state index in [4.69, 9.17) is 0 Å². The average Bonchev–Trinajstić information content (AvgIpc) is 2.58. The Bertz CT molecular complexity index is 411. The number of aliphatic imine (C=N–C) groups is 1. The molecule has 0 aliphatic carbocycles. The van der Waals surface area contributed by atoms with Crippen molar-refractivity contribution in [3.05, 3.63) is 17.0 Å². The summed E-state index contributed by atoms with van der Waals surface area (Å²) in [5.74, 6) is 0.877. The van der Waals surface area contributed by atoms with Crippen molar-refractivity contribution in [3.63, 3.8) is 0 Å². The van der Waals surface area contributed by atoms with Gasteiger partial charge in [0.05, 0.1) is 12.2 Å². The van der Waals surface area contributed by atoms with E-state index in [1.165, 1.54) is 11.3 Å². The van der Waals surface area contributed by atoms with Gasteiger partial charge in [0.25, 0.3) is 0 Å². The van der Waals surface area contributed by atoms with Gasteiger partial charge in [-0.15, -0.1) is 24.0 Å². The Hall–Kier alpha value is -0.790. The highest BCUT2D eigenvalue weighted by Gasteiger charge is 2.08. The molecule has 0 bridgehead atoms. The predicted molar refractivity (Wildman–Crippen MR) is 91.2 cm³/mol. The Morgan fingerprint density at radius 3 is 2.42 bits per heavy atom. The van der Waals surface area contributed by atoms with Crippen molar-refractivity contribution in [1.82, 2.24) is 20.4 Å². The summed E-state index contributed by atoms with van der Waals surface area (Å²) in [6.45, 7) is 10.8. The van der Waals surface area contributed by atoms with Crippen LogP contribution in [0.1, 0.15) is 37.2 Å². The summed E-state index contributed by atoms with van der Waals surface area (Å²) in [6.07, 6.45) is 1.09. The Morgan fingerprint density at radius 1 is 1.26 bits per heavy atom. The molecule has 0 fully saturated rings. The summed E-state index contributed by atoms with van der Waals surface area (Å²) in [5, 5.41) is 10.9. The van der Waals surface area contributed by atoms with E-state index in [1.54, 1.807) is 0 Å². The number of aromatic nitrogens is 2. The lowest BCUT2D eigenvalue weighted by Crippen LogP contribution is -2.37. The Kier molecular flexibility index (Phi) is 8.79. The fourth-order valence-corrected chi connectivity index (χ4v) is 1.79. The van der Waals surface area contributed by atoms with Crippen LogP contribution in [0.15, 0.2) is 4.99 Å². The van der Waals surface area contributed by atoms with Gasteiger partial charge in [-0.2, -0.15) is 5.10 Å². The van der Waals surface area contributed by atoms with Crippen LogP contribution in [0.4, 0.5) is 0 Å². The normalized spacial score (nSPS) is 11.1. The second-order valence-electron chi connectivity index (χ2n) is 4.39. The smallest absolute Gasteiger partial charge is 0.191 e. The van der Waals surface area contributed by atoms with Crippen LogP contribution in [-0.2, 0) is 13.6 Å². The molecule has 0 amide bonds. The molecule has 1 aromatic rings. The van der Waals surface area contributed by atoms with E-state index < -0.39 is 0 Å². The predicted octanol–water partition coefficient (Wildman–Crippen LogP) is 2.12. The third kappa shape index (κ3) is 5.38. The van der Waals surface area contributed by atoms with Crippen molar-refractivity contribution in [1.29, 1.82) is 0 Å². The number of guanidine groups is 1. The second-order valence-corrected chi connectivity index (χ2v) is 4.39. The highest BCUT2D eigenvalue weighted by Crippen LogP contribution is 2.12. The molecule has 0 aliphatic heterocycles. The molecule has 19 heavy (non-hydrogen) atoms. The molecule has 6 heteroatoms. The number of halogens is 1. The minimum atomic E-state index is 0. The number of nitrogens with one attached hydrogen (secondary N) is 2. The average molecular weight is 379 g/mol. The lowest BCUT2D eigenvalue weighted by Gasteiger charge is -2.10. The van der Waals surface area contributed by atoms with Crippen LogP contribution < -0.4 is 10.6 Å². The van der Waals surface area contributed by atoms with Crippen LogP contribution in [0, 0.1) is 13.8 Å². The van der Waals surface area contributed by atoms with E-state index in [0.717, 1.165) is 31.2 Å². The van der Waals surface area contributed by atoms with Crippen molar-refractivity contribution < 1.29 is 0 Å². The summed E-state index contributed by atoms with van der Waals surface area (Å²) in [6, 6.07) is 0. The van der Waals surface area contributed by atoms with Crippen molar-refractivity contribution >= 4 is 29.9 Å². The van der Waals surface area contributed by atoms with Gasteiger partial charge in [-0.3, -0.25) is 4.68 Å². The van der Waals surface area contributed by atoms with Crippen molar-refractivity contribution in [3.8, 4) is 0 Å². The van der Waals surface area contributed by atoms with E-state index in [1.807, 2.05) is 18.7 Å². The molecule has 0 radical (unpaired) electrons. The summed E-state index contributed by atoms with van der Waals surface area (Å²) in [5.41, 5.74) is 3.46. The molecule has 0 unspecified atom stereocenters. The summed E-state index contributed by atoms with van der Waals surface area (Å²) < 4.78 is 1.91. The molecule has 0 saturated carbocycles. The van der Waals surface area contributed by atoms with E-state index >= 15 is 0 Å². The molecule has 0 saturated heterocycles. The fraction of sp³-hybridized carbons (Fsp3) is 0.692. The van der Waals surface area contributed by atoms with Gasteiger partial charge < -0.3 is 10.6 Å². The van der Waals surface area contributed by atoms with Crippen LogP contribution >= 0.6 is 24.0 Å². The van der Waals surface area contributed by atoms with Crippen molar-refractivity contribution in [2.24, 2.45) is 12.0 Å². The number of aryl methyl sites for hydroxylation is 2. The van der Waals surface area contributed by atoms with Crippen molar-refractivity contribution in [2.45, 2.75) is 40.7 Å². The molecule has 5 nitrogen and oxygen atoms in total. The monoisotopic (exact) mass is 379 g/mol. The maximum absolute atomic E-state index is 4.60. The molecule has 2 N–H and O–H groups in total. The maximum atomic E-state index is 4.60. The molecule has 0 aromatic carbocycles. The van der Waals surface area contributed by atoms with Crippen LogP contribution in [0.3, 0.4) is 0 Å². The summed E-state index contributed by atoms with van der Waals surface area (Å²) in [7, 11) is 1.97. The van der Waals surface area contributed by atoms with E-state index in [9.17, 15) is 0 Å². The zero-order valence-electron chi connectivity index (χ0n) is 12.6. The summed E-state index contributed by atoms with van der Waals surface area (Å²) >= 11 is 0. The van der Waals surface area contributed by atoms with Gasteiger partial charge in [-0.05, 0) is 27.2 Å². The molecule has 0 aliphatic rings. The van der Waals surface area contributed by atoms with E-state index in [0.29, 0.717) is 6.54 Å². The molecule has 1 aromatic heterocycles. The van der Waals surface area contributed by atoms with Gasteiger partial charge in [0.1, 0.15) is 0 Å². The van der Waals surface area contributed by atoms with Crippen LogP contribution in [0.25, 0.3) is 0 Å². The lowest BCUT2D eigenvalue weighted by molar-refractivity contribution is 0.729. The van der Waals surface area contributed by atoms with E-state index in [2.05, 4.69) is 41.5 Å². The molecule has 1 heterocycles. The third-order valence-corrected chi connectivity index (χ3v) is 2.94. The first kappa shape index (κ1) is 18.2. The zero-order chi connectivity index (χ0) is 13.5. The van der Waals surface area contributed by atoms with Gasteiger partial charge in [0.15, 0.2) is 5.96 Å². The SMILES string of the molecule is CCCNC(=NCc1c(C)nn(C)c1C)NCC.I. The minimum absolute atomic E-state index is 0. The first-order valence-corrected chi connectivity index (χ1v) is 6.61. The van der Waals surface area contributed by atoms with Gasteiger partial charge >= 0.3 is 0 Å². The third-order valence-electron chi connectivity index (χ3n) is 2.94. The van der Waals surface area contributed by atoms with E-state index in [-0.39, 0.29) is 24.0 Å². The van der Waals surface area contributed by atoms with Gasteiger partial charge in [0.2, 0.25) is 0 Å². The topological polar surface area (TPSA) is 54.2 Å².